The van der Waals surface area contributed by atoms with E-state index in [0.29, 0.717) is 6.10 Å². The van der Waals surface area contributed by atoms with Gasteiger partial charge in [-0.25, -0.2) is 0 Å². The molecule has 1 unspecified atom stereocenters. The molecule has 0 saturated carbocycles. The van der Waals surface area contributed by atoms with E-state index in [9.17, 15) is 5.11 Å². The minimum atomic E-state index is -0.431. The summed E-state index contributed by atoms with van der Waals surface area (Å²) in [5.74, 6) is 0. The van der Waals surface area contributed by atoms with E-state index < -0.39 is 6.10 Å². The fourth-order valence-corrected chi connectivity index (χ4v) is 2.56. The quantitative estimate of drug-likeness (QED) is 0.871. The van der Waals surface area contributed by atoms with Crippen molar-refractivity contribution in [3.05, 3.63) is 29.8 Å². The summed E-state index contributed by atoms with van der Waals surface area (Å²) >= 11 is 0. The summed E-state index contributed by atoms with van der Waals surface area (Å²) in [5.41, 5.74) is 2.13. The average molecular weight is 249 g/mol. The van der Waals surface area contributed by atoms with E-state index in [-0.39, 0.29) is 0 Å². The Balaban J connectivity index is 2.15. The zero-order valence-electron chi connectivity index (χ0n) is 11.3. The van der Waals surface area contributed by atoms with Crippen LogP contribution in [-0.4, -0.2) is 30.9 Å². The lowest BCUT2D eigenvalue weighted by Crippen LogP contribution is -2.32. The second kappa shape index (κ2) is 6.21. The standard InChI is InChI=1S/C15H23NO2/c1-3-16(11-13-7-6-10-18-13)15-9-5-4-8-14(15)12(2)17/h4-5,8-9,12-13,17H,3,6-7,10-11H2,1-2H3/t12-,13?/m0/s1. The molecule has 0 radical (unpaired) electrons. The molecule has 0 spiro atoms. The molecule has 1 aromatic rings. The Morgan fingerprint density at radius 1 is 1.44 bits per heavy atom. The fourth-order valence-electron chi connectivity index (χ4n) is 2.56. The number of para-hydroxylation sites is 1. The van der Waals surface area contributed by atoms with E-state index in [1.165, 1.54) is 6.42 Å². The van der Waals surface area contributed by atoms with Crippen molar-refractivity contribution in [3.8, 4) is 0 Å². The average Bonchev–Trinajstić information content (AvgIpc) is 2.88. The summed E-state index contributed by atoms with van der Waals surface area (Å²) in [6, 6.07) is 8.09. The summed E-state index contributed by atoms with van der Waals surface area (Å²) in [4.78, 5) is 2.30. The van der Waals surface area contributed by atoms with Crippen LogP contribution in [0.5, 0.6) is 0 Å². The number of aliphatic hydroxyl groups is 1. The minimum absolute atomic E-state index is 0.340. The number of benzene rings is 1. The molecule has 1 fully saturated rings. The summed E-state index contributed by atoms with van der Waals surface area (Å²) in [5, 5.41) is 9.85. The van der Waals surface area contributed by atoms with Gasteiger partial charge in [0.05, 0.1) is 12.2 Å². The molecule has 18 heavy (non-hydrogen) atoms. The molecule has 0 aromatic heterocycles. The van der Waals surface area contributed by atoms with E-state index in [0.717, 1.165) is 37.4 Å². The van der Waals surface area contributed by atoms with Crippen LogP contribution < -0.4 is 4.90 Å². The van der Waals surface area contributed by atoms with Gasteiger partial charge in [0.25, 0.3) is 0 Å². The normalized spacial score (nSPS) is 20.9. The van der Waals surface area contributed by atoms with E-state index in [2.05, 4.69) is 17.9 Å². The van der Waals surface area contributed by atoms with E-state index in [1.54, 1.807) is 0 Å². The molecule has 2 atom stereocenters. The molecule has 0 amide bonds. The Bertz CT molecular complexity index is 373. The van der Waals surface area contributed by atoms with Crippen molar-refractivity contribution in [1.82, 2.24) is 0 Å². The van der Waals surface area contributed by atoms with Crippen LogP contribution in [0.25, 0.3) is 0 Å². The summed E-state index contributed by atoms with van der Waals surface area (Å²) in [7, 11) is 0. The van der Waals surface area contributed by atoms with Crippen LogP contribution in [0, 0.1) is 0 Å². The first kappa shape index (κ1) is 13.4. The van der Waals surface area contributed by atoms with Crippen molar-refractivity contribution in [2.75, 3.05) is 24.6 Å². The van der Waals surface area contributed by atoms with Crippen LogP contribution in [0.1, 0.15) is 38.4 Å². The summed E-state index contributed by atoms with van der Waals surface area (Å²) < 4.78 is 5.70. The number of likely N-dealkylation sites (N-methyl/N-ethyl adjacent to an activating group) is 1. The lowest BCUT2D eigenvalue weighted by molar-refractivity contribution is 0.115. The highest BCUT2D eigenvalue weighted by Crippen LogP contribution is 2.27. The zero-order valence-corrected chi connectivity index (χ0v) is 11.3. The molecule has 0 aliphatic carbocycles. The molecule has 1 aromatic carbocycles. The molecule has 1 saturated heterocycles. The molecule has 3 heteroatoms. The molecular weight excluding hydrogens is 226 g/mol. The molecule has 100 valence electrons. The van der Waals surface area contributed by atoms with E-state index in [4.69, 9.17) is 4.74 Å². The third kappa shape index (κ3) is 3.03. The third-order valence-electron chi connectivity index (χ3n) is 3.56. The van der Waals surface area contributed by atoms with Crippen LogP contribution in [0.4, 0.5) is 5.69 Å². The van der Waals surface area contributed by atoms with Crippen molar-refractivity contribution >= 4 is 5.69 Å². The van der Waals surface area contributed by atoms with Gasteiger partial charge in [-0.05, 0) is 32.8 Å². The van der Waals surface area contributed by atoms with Gasteiger partial charge in [-0.15, -0.1) is 0 Å². The highest BCUT2D eigenvalue weighted by atomic mass is 16.5. The molecule has 3 nitrogen and oxygen atoms in total. The number of anilines is 1. The minimum Gasteiger partial charge on any atom is -0.389 e. The number of hydrogen-bond acceptors (Lipinski definition) is 3. The summed E-state index contributed by atoms with van der Waals surface area (Å²) in [6.45, 7) is 6.70. The number of hydrogen-bond donors (Lipinski definition) is 1. The largest absolute Gasteiger partial charge is 0.389 e. The maximum Gasteiger partial charge on any atom is 0.0781 e. The second-order valence-corrected chi connectivity index (χ2v) is 4.91. The van der Waals surface area contributed by atoms with Crippen LogP contribution in [-0.2, 0) is 4.74 Å². The number of aliphatic hydroxyl groups excluding tert-OH is 1. The van der Waals surface area contributed by atoms with Crippen LogP contribution in [0.3, 0.4) is 0 Å². The molecule has 1 heterocycles. The van der Waals surface area contributed by atoms with Crippen LogP contribution >= 0.6 is 0 Å². The summed E-state index contributed by atoms with van der Waals surface area (Å²) in [6.07, 6.45) is 2.22. The van der Waals surface area contributed by atoms with Crippen molar-refractivity contribution in [1.29, 1.82) is 0 Å². The van der Waals surface area contributed by atoms with Gasteiger partial charge in [0, 0.05) is 30.9 Å². The number of nitrogens with zero attached hydrogens (tertiary/aromatic N) is 1. The first-order valence-electron chi connectivity index (χ1n) is 6.86. The van der Waals surface area contributed by atoms with Gasteiger partial charge < -0.3 is 14.7 Å². The maximum atomic E-state index is 9.85. The van der Waals surface area contributed by atoms with E-state index in [1.807, 2.05) is 25.1 Å². The smallest absolute Gasteiger partial charge is 0.0781 e. The van der Waals surface area contributed by atoms with Crippen molar-refractivity contribution < 1.29 is 9.84 Å². The Morgan fingerprint density at radius 3 is 2.83 bits per heavy atom. The molecule has 2 rings (SSSR count). The lowest BCUT2D eigenvalue weighted by atomic mass is 10.1. The van der Waals surface area contributed by atoms with Gasteiger partial charge in [0.15, 0.2) is 0 Å². The van der Waals surface area contributed by atoms with Gasteiger partial charge in [-0.2, -0.15) is 0 Å². The Kier molecular flexibility index (Phi) is 4.61. The SMILES string of the molecule is CCN(CC1CCCO1)c1ccccc1[C@H](C)O. The fraction of sp³-hybridized carbons (Fsp3) is 0.600. The molecule has 1 N–H and O–H groups in total. The molecule has 1 aliphatic heterocycles. The van der Waals surface area contributed by atoms with Crippen LogP contribution in [0.2, 0.25) is 0 Å². The highest BCUT2D eigenvalue weighted by molar-refractivity contribution is 5.54. The van der Waals surface area contributed by atoms with Gasteiger partial charge in [0.2, 0.25) is 0 Å². The van der Waals surface area contributed by atoms with Crippen molar-refractivity contribution in [2.45, 2.75) is 38.9 Å². The van der Waals surface area contributed by atoms with Gasteiger partial charge >= 0.3 is 0 Å². The van der Waals surface area contributed by atoms with Gasteiger partial charge in [-0.1, -0.05) is 18.2 Å². The zero-order chi connectivity index (χ0) is 13.0. The van der Waals surface area contributed by atoms with Gasteiger partial charge in [0.1, 0.15) is 0 Å². The van der Waals surface area contributed by atoms with Crippen LogP contribution in [0.15, 0.2) is 24.3 Å². The lowest BCUT2D eigenvalue weighted by Gasteiger charge is -2.28. The maximum absolute atomic E-state index is 9.85. The molecular formula is C15H23NO2. The topological polar surface area (TPSA) is 32.7 Å². The first-order valence-corrected chi connectivity index (χ1v) is 6.86. The monoisotopic (exact) mass is 249 g/mol. The second-order valence-electron chi connectivity index (χ2n) is 4.91. The predicted octanol–water partition coefficient (Wildman–Crippen LogP) is 2.75. The number of ether oxygens (including phenoxy) is 1. The third-order valence-corrected chi connectivity index (χ3v) is 3.56. The van der Waals surface area contributed by atoms with Crippen molar-refractivity contribution in [2.24, 2.45) is 0 Å². The highest BCUT2D eigenvalue weighted by Gasteiger charge is 2.20. The number of rotatable bonds is 5. The molecule has 0 bridgehead atoms. The Morgan fingerprint density at radius 2 is 2.22 bits per heavy atom. The van der Waals surface area contributed by atoms with Gasteiger partial charge in [-0.3, -0.25) is 0 Å². The van der Waals surface area contributed by atoms with E-state index >= 15 is 0 Å². The van der Waals surface area contributed by atoms with Crippen molar-refractivity contribution in [3.63, 3.8) is 0 Å². The predicted molar refractivity (Wildman–Crippen MR) is 73.9 cm³/mol. The Labute approximate surface area is 109 Å². The Hall–Kier alpha value is -1.06. The molecule has 1 aliphatic rings. The first-order chi connectivity index (χ1) is 8.72.